The summed E-state index contributed by atoms with van der Waals surface area (Å²) in [7, 11) is 1.62. The smallest absolute Gasteiger partial charge is 0.317 e. The molecule has 236 valence electrons. The number of rotatable bonds is 10. The van der Waals surface area contributed by atoms with Gasteiger partial charge in [0, 0.05) is 49.0 Å². The van der Waals surface area contributed by atoms with Gasteiger partial charge in [-0.25, -0.2) is 4.79 Å². The lowest BCUT2D eigenvalue weighted by Gasteiger charge is -2.32. The number of urea groups is 1. The Morgan fingerprint density at radius 1 is 1.07 bits per heavy atom. The van der Waals surface area contributed by atoms with E-state index in [2.05, 4.69) is 57.2 Å². The molecule has 1 fully saturated rings. The van der Waals surface area contributed by atoms with E-state index >= 15 is 0 Å². The Morgan fingerprint density at radius 3 is 2.63 bits per heavy atom. The van der Waals surface area contributed by atoms with Crippen LogP contribution in [0.4, 0.5) is 4.79 Å². The predicted octanol–water partition coefficient (Wildman–Crippen LogP) is 5.53. The lowest BCUT2D eigenvalue weighted by Crippen LogP contribution is -2.44. The van der Waals surface area contributed by atoms with Crippen molar-refractivity contribution in [2.45, 2.75) is 31.1 Å². The molecular weight excluding hydrogens is 602 g/mol. The molecule has 0 aliphatic carbocycles. The molecule has 1 atom stereocenters. The maximum absolute atomic E-state index is 13.9. The van der Waals surface area contributed by atoms with Crippen molar-refractivity contribution in [2.24, 2.45) is 0 Å². The summed E-state index contributed by atoms with van der Waals surface area (Å²) >= 11 is 6.37. The van der Waals surface area contributed by atoms with Gasteiger partial charge in [-0.05, 0) is 76.6 Å². The van der Waals surface area contributed by atoms with Crippen molar-refractivity contribution >= 4 is 17.6 Å². The second-order valence-corrected chi connectivity index (χ2v) is 11.9. The number of carbonyl (C=O) groups is 1. The van der Waals surface area contributed by atoms with E-state index in [1.165, 1.54) is 11.9 Å². The highest BCUT2D eigenvalue weighted by Crippen LogP contribution is 2.34. The number of aromatic nitrogens is 5. The van der Waals surface area contributed by atoms with Crippen LogP contribution < -0.4 is 10.0 Å². The summed E-state index contributed by atoms with van der Waals surface area (Å²) in [4.78, 5) is 14.4. The van der Waals surface area contributed by atoms with Gasteiger partial charge in [-0.1, -0.05) is 66.2 Å². The lowest BCUT2D eigenvalue weighted by molar-refractivity contribution is -0.614. The molecule has 1 aliphatic heterocycles. The van der Waals surface area contributed by atoms with Crippen LogP contribution in [-0.4, -0.2) is 64.5 Å². The van der Waals surface area contributed by atoms with Crippen molar-refractivity contribution < 1.29 is 14.3 Å². The molecule has 0 spiro atoms. The van der Waals surface area contributed by atoms with E-state index in [9.17, 15) is 10.0 Å². The van der Waals surface area contributed by atoms with Crippen LogP contribution in [0.1, 0.15) is 47.1 Å². The molecular formula is C35H36ClN7O3. The number of piperidine rings is 1. The Labute approximate surface area is 273 Å². The quantitative estimate of drug-likeness (QED) is 0.123. The summed E-state index contributed by atoms with van der Waals surface area (Å²) in [5.41, 5.74) is 6.27. The largest absolute Gasteiger partial charge is 0.618 e. The number of pyridine rings is 1. The molecule has 1 saturated heterocycles. The summed E-state index contributed by atoms with van der Waals surface area (Å²) in [6.45, 7) is 2.38. The minimum Gasteiger partial charge on any atom is -0.618 e. The molecule has 46 heavy (non-hydrogen) atoms. The Morgan fingerprint density at radius 2 is 1.89 bits per heavy atom. The molecule has 0 radical (unpaired) electrons. The summed E-state index contributed by atoms with van der Waals surface area (Å²) in [5.74, 6) is 0.147. The van der Waals surface area contributed by atoms with Gasteiger partial charge in [0.2, 0.25) is 5.69 Å². The first-order valence-electron chi connectivity index (χ1n) is 15.4. The highest BCUT2D eigenvalue weighted by atomic mass is 35.5. The molecule has 5 aromatic rings. The summed E-state index contributed by atoms with van der Waals surface area (Å²) in [6.07, 6.45) is 5.54. The van der Waals surface area contributed by atoms with Crippen LogP contribution in [0, 0.1) is 5.21 Å². The number of methoxy groups -OCH3 is 1. The van der Waals surface area contributed by atoms with Crippen molar-refractivity contribution in [3.05, 3.63) is 130 Å². The molecule has 6 rings (SSSR count). The molecule has 2 aromatic heterocycles. The number of ether oxygens (including phenoxy) is 1. The van der Waals surface area contributed by atoms with Crippen molar-refractivity contribution in [1.82, 2.24) is 30.4 Å². The first-order chi connectivity index (χ1) is 22.5. The summed E-state index contributed by atoms with van der Waals surface area (Å²) < 4.78 is 7.57. The third kappa shape index (κ3) is 7.19. The van der Waals surface area contributed by atoms with Gasteiger partial charge in [0.05, 0.1) is 18.2 Å². The zero-order chi connectivity index (χ0) is 31.9. The van der Waals surface area contributed by atoms with Gasteiger partial charge in [-0.2, -0.15) is 9.41 Å². The van der Waals surface area contributed by atoms with Gasteiger partial charge in [0.25, 0.3) is 0 Å². The molecule has 3 heterocycles. The molecule has 10 nitrogen and oxygen atoms in total. The number of tetrazole rings is 1. The van der Waals surface area contributed by atoms with Gasteiger partial charge in [0.15, 0.2) is 6.20 Å². The van der Waals surface area contributed by atoms with Crippen LogP contribution >= 0.6 is 11.6 Å². The zero-order valence-corrected chi connectivity index (χ0v) is 26.4. The predicted molar refractivity (Wildman–Crippen MR) is 176 cm³/mol. The molecule has 3 aromatic carbocycles. The summed E-state index contributed by atoms with van der Waals surface area (Å²) in [6, 6.07) is 28.1. The maximum atomic E-state index is 13.9. The summed E-state index contributed by atoms with van der Waals surface area (Å²) in [5, 5.41) is 28.9. The third-order valence-corrected chi connectivity index (χ3v) is 8.83. The molecule has 0 unspecified atom stereocenters. The van der Waals surface area contributed by atoms with E-state index in [1.54, 1.807) is 24.1 Å². The number of likely N-dealkylation sites (tertiary alicyclic amines) is 1. The second-order valence-electron chi connectivity index (χ2n) is 11.5. The number of benzene rings is 3. The van der Waals surface area contributed by atoms with Gasteiger partial charge in [-0.3, -0.25) is 0 Å². The first-order valence-corrected chi connectivity index (χ1v) is 15.8. The number of amides is 2. The van der Waals surface area contributed by atoms with E-state index < -0.39 is 0 Å². The highest BCUT2D eigenvalue weighted by molar-refractivity contribution is 6.31. The topological polar surface area (TPSA) is 112 Å². The highest BCUT2D eigenvalue weighted by Gasteiger charge is 2.27. The fourth-order valence-corrected chi connectivity index (χ4v) is 6.37. The van der Waals surface area contributed by atoms with Gasteiger partial charge < -0.3 is 20.2 Å². The fraction of sp³-hybridized carbons (Fsp3) is 0.286. The van der Waals surface area contributed by atoms with Crippen LogP contribution in [0.25, 0.3) is 16.8 Å². The average molecular weight is 638 g/mol. The second kappa shape index (κ2) is 14.5. The van der Waals surface area contributed by atoms with Crippen molar-refractivity contribution in [2.75, 3.05) is 33.4 Å². The molecule has 11 heteroatoms. The van der Waals surface area contributed by atoms with Crippen LogP contribution in [-0.2, 0) is 11.2 Å². The fourth-order valence-electron chi connectivity index (χ4n) is 6.19. The van der Waals surface area contributed by atoms with E-state index in [4.69, 9.17) is 16.3 Å². The minimum absolute atomic E-state index is 0.0431. The van der Waals surface area contributed by atoms with Crippen LogP contribution in [0.2, 0.25) is 5.02 Å². The number of nitrogens with zero attached hydrogens (tertiary/aromatic N) is 6. The maximum Gasteiger partial charge on any atom is 0.317 e. The van der Waals surface area contributed by atoms with Crippen molar-refractivity contribution in [1.29, 1.82) is 0 Å². The van der Waals surface area contributed by atoms with E-state index in [0.717, 1.165) is 34.3 Å². The van der Waals surface area contributed by atoms with Crippen LogP contribution in [0.15, 0.2) is 97.5 Å². The normalized spacial score (nSPS) is 14.3. The van der Waals surface area contributed by atoms with Crippen molar-refractivity contribution in [3.8, 4) is 16.8 Å². The van der Waals surface area contributed by atoms with E-state index in [-0.39, 0.29) is 11.9 Å². The van der Waals surface area contributed by atoms with Gasteiger partial charge in [-0.15, -0.1) is 5.10 Å². The monoisotopic (exact) mass is 637 g/mol. The Kier molecular flexibility index (Phi) is 9.85. The number of hydrogen-bond acceptors (Lipinski definition) is 6. The molecule has 0 saturated carbocycles. The Hall–Kier alpha value is -4.80. The van der Waals surface area contributed by atoms with Crippen molar-refractivity contribution in [3.63, 3.8) is 0 Å². The van der Waals surface area contributed by atoms with E-state index in [0.29, 0.717) is 60.5 Å². The Bertz CT molecular complexity index is 1760. The number of carbonyl (C=O) groups excluding carboxylic acids is 1. The van der Waals surface area contributed by atoms with Gasteiger partial charge >= 0.3 is 6.03 Å². The zero-order valence-electron chi connectivity index (χ0n) is 25.6. The SMILES string of the molecule is COCCNC(=O)N1CCC(c2cccc([C@H](Cc3ccccc3)c3ccc(-c4cc(Cl)ccc4-n4cnnn4)c[n+]3[O-])c2)CC1. The molecule has 0 bridgehead atoms. The third-order valence-electron chi connectivity index (χ3n) is 8.60. The van der Waals surface area contributed by atoms with Crippen LogP contribution in [0.3, 0.4) is 0 Å². The number of hydrogen-bond donors (Lipinski definition) is 1. The number of nitrogens with one attached hydrogen (secondary N) is 1. The Balaban J connectivity index is 1.28. The molecule has 1 aliphatic rings. The first kappa shape index (κ1) is 31.2. The van der Waals surface area contributed by atoms with Gasteiger partial charge in [0.1, 0.15) is 6.33 Å². The molecule has 1 N–H and O–H groups in total. The number of halogens is 1. The average Bonchev–Trinajstić information content (AvgIpc) is 3.63. The van der Waals surface area contributed by atoms with E-state index in [1.807, 2.05) is 47.4 Å². The van der Waals surface area contributed by atoms with Crippen LogP contribution in [0.5, 0.6) is 0 Å². The standard InChI is InChI=1S/C35H36ClN7O3/c1-46-19-16-37-35(44)41-17-14-26(15-18-41)27-8-5-9-28(21-27)31(20-25-6-3-2-4-7-25)34-12-10-29(23-43(34)45)32-22-30(36)11-13-33(32)42-24-38-39-40-42/h2-13,21-24,26,31H,14-20H2,1H3,(H,37,44)/t31-/m0/s1. The molecule has 2 amide bonds. The minimum atomic E-state index is -0.182. The lowest BCUT2D eigenvalue weighted by atomic mass is 9.84.